The van der Waals surface area contributed by atoms with E-state index in [1.165, 1.54) is 16.7 Å². The summed E-state index contributed by atoms with van der Waals surface area (Å²) in [4.78, 5) is 2.57. The fraction of sp³-hybridized carbons (Fsp3) is 0.455. The SMILES string of the molecule is CCc1ccc(C(c2ccc(OC)c(OC)c2)N2CCCNCC2)cc1. The maximum Gasteiger partial charge on any atom is 0.161 e. The van der Waals surface area contributed by atoms with Crippen LogP contribution in [0.4, 0.5) is 0 Å². The number of ether oxygens (including phenoxy) is 2. The van der Waals surface area contributed by atoms with Crippen LogP contribution in [-0.4, -0.2) is 45.3 Å². The van der Waals surface area contributed by atoms with Crippen LogP contribution in [0.1, 0.15) is 36.1 Å². The zero-order valence-corrected chi connectivity index (χ0v) is 16.1. The Balaban J connectivity index is 2.01. The van der Waals surface area contributed by atoms with E-state index in [4.69, 9.17) is 9.47 Å². The van der Waals surface area contributed by atoms with E-state index in [0.29, 0.717) is 0 Å². The molecule has 1 fully saturated rings. The van der Waals surface area contributed by atoms with E-state index in [0.717, 1.165) is 50.5 Å². The maximum absolute atomic E-state index is 5.56. The summed E-state index contributed by atoms with van der Waals surface area (Å²) >= 11 is 0. The zero-order valence-electron chi connectivity index (χ0n) is 16.1. The highest BCUT2D eigenvalue weighted by molar-refractivity contribution is 5.46. The molecule has 0 bridgehead atoms. The predicted octanol–water partition coefficient (Wildman–Crippen LogP) is 3.65. The van der Waals surface area contributed by atoms with Gasteiger partial charge in [0.05, 0.1) is 20.3 Å². The van der Waals surface area contributed by atoms with Crippen LogP contribution in [-0.2, 0) is 6.42 Å². The number of nitrogens with one attached hydrogen (secondary N) is 1. The topological polar surface area (TPSA) is 33.7 Å². The molecule has 4 nitrogen and oxygen atoms in total. The number of aryl methyl sites for hydroxylation is 1. The van der Waals surface area contributed by atoms with Crippen LogP contribution < -0.4 is 14.8 Å². The molecule has 1 atom stereocenters. The second-order valence-corrected chi connectivity index (χ2v) is 6.75. The van der Waals surface area contributed by atoms with Crippen LogP contribution in [0, 0.1) is 0 Å². The summed E-state index contributed by atoms with van der Waals surface area (Å²) in [5.41, 5.74) is 3.95. The standard InChI is InChI=1S/C22H30N2O2/c1-4-17-6-8-18(9-7-17)22(24-14-5-12-23-13-15-24)19-10-11-20(25-2)21(16-19)26-3/h6-11,16,22-23H,4-5,12-15H2,1-3H3. The van der Waals surface area contributed by atoms with Crippen molar-refractivity contribution in [1.29, 1.82) is 0 Å². The fourth-order valence-electron chi connectivity index (χ4n) is 3.70. The highest BCUT2D eigenvalue weighted by Gasteiger charge is 2.24. The van der Waals surface area contributed by atoms with Gasteiger partial charge < -0.3 is 14.8 Å². The summed E-state index contributed by atoms with van der Waals surface area (Å²) in [6.45, 7) is 6.43. The summed E-state index contributed by atoms with van der Waals surface area (Å²) in [6.07, 6.45) is 2.23. The van der Waals surface area contributed by atoms with E-state index in [1.807, 2.05) is 6.07 Å². The van der Waals surface area contributed by atoms with Crippen molar-refractivity contribution >= 4 is 0 Å². The fourth-order valence-corrected chi connectivity index (χ4v) is 3.70. The largest absolute Gasteiger partial charge is 0.493 e. The van der Waals surface area contributed by atoms with Crippen LogP contribution in [0.3, 0.4) is 0 Å². The molecule has 3 rings (SSSR count). The smallest absolute Gasteiger partial charge is 0.161 e. The Bertz CT molecular complexity index is 692. The predicted molar refractivity (Wildman–Crippen MR) is 106 cm³/mol. The molecule has 0 aromatic heterocycles. The van der Waals surface area contributed by atoms with Crippen LogP contribution >= 0.6 is 0 Å². The number of rotatable bonds is 6. The molecule has 1 aliphatic rings. The normalized spacial score (nSPS) is 16.7. The molecule has 4 heteroatoms. The molecule has 2 aromatic rings. The van der Waals surface area contributed by atoms with Crippen molar-refractivity contribution in [3.63, 3.8) is 0 Å². The summed E-state index contributed by atoms with van der Waals surface area (Å²) < 4.78 is 11.0. The Morgan fingerprint density at radius 3 is 2.35 bits per heavy atom. The lowest BCUT2D eigenvalue weighted by molar-refractivity contribution is 0.240. The van der Waals surface area contributed by atoms with Gasteiger partial charge in [-0.25, -0.2) is 0 Å². The lowest BCUT2D eigenvalue weighted by atomic mass is 9.95. The molecule has 2 aromatic carbocycles. The first-order valence-corrected chi connectivity index (χ1v) is 9.52. The van der Waals surface area contributed by atoms with E-state index in [2.05, 4.69) is 53.5 Å². The van der Waals surface area contributed by atoms with Crippen LogP contribution in [0.2, 0.25) is 0 Å². The third kappa shape index (κ3) is 4.19. The minimum atomic E-state index is 0.223. The van der Waals surface area contributed by atoms with E-state index in [9.17, 15) is 0 Å². The van der Waals surface area contributed by atoms with Gasteiger partial charge in [0.15, 0.2) is 11.5 Å². The maximum atomic E-state index is 5.56. The first kappa shape index (κ1) is 18.7. The van der Waals surface area contributed by atoms with Crippen LogP contribution in [0.15, 0.2) is 42.5 Å². The average molecular weight is 354 g/mol. The third-order valence-corrected chi connectivity index (χ3v) is 5.17. The quantitative estimate of drug-likeness (QED) is 0.858. The average Bonchev–Trinajstić information content (AvgIpc) is 2.98. The monoisotopic (exact) mass is 354 g/mol. The molecule has 1 aliphatic heterocycles. The Labute approximate surface area is 157 Å². The summed E-state index contributed by atoms with van der Waals surface area (Å²) in [5, 5.41) is 3.51. The van der Waals surface area contributed by atoms with Gasteiger partial charge in [-0.15, -0.1) is 0 Å². The molecular formula is C22H30N2O2. The molecule has 26 heavy (non-hydrogen) atoms. The van der Waals surface area contributed by atoms with Gasteiger partial charge in [0.2, 0.25) is 0 Å². The molecule has 140 valence electrons. The zero-order chi connectivity index (χ0) is 18.4. The Morgan fingerprint density at radius 1 is 0.923 bits per heavy atom. The first-order valence-electron chi connectivity index (χ1n) is 9.52. The molecule has 0 amide bonds. The molecule has 1 unspecified atom stereocenters. The number of hydrogen-bond donors (Lipinski definition) is 1. The van der Waals surface area contributed by atoms with Gasteiger partial charge >= 0.3 is 0 Å². The molecular weight excluding hydrogens is 324 g/mol. The molecule has 1 saturated heterocycles. The summed E-state index contributed by atoms with van der Waals surface area (Å²) in [5.74, 6) is 1.56. The number of benzene rings is 2. The number of methoxy groups -OCH3 is 2. The second-order valence-electron chi connectivity index (χ2n) is 6.75. The summed E-state index contributed by atoms with van der Waals surface area (Å²) in [7, 11) is 3.38. The van der Waals surface area contributed by atoms with Gasteiger partial charge in [0.25, 0.3) is 0 Å². The second kappa shape index (κ2) is 9.06. The highest BCUT2D eigenvalue weighted by Crippen LogP contribution is 2.35. The van der Waals surface area contributed by atoms with Crippen molar-refractivity contribution in [3.05, 3.63) is 59.2 Å². The van der Waals surface area contributed by atoms with Crippen molar-refractivity contribution in [3.8, 4) is 11.5 Å². The van der Waals surface area contributed by atoms with Crippen molar-refractivity contribution in [1.82, 2.24) is 10.2 Å². The van der Waals surface area contributed by atoms with Crippen molar-refractivity contribution < 1.29 is 9.47 Å². The van der Waals surface area contributed by atoms with Gasteiger partial charge in [0.1, 0.15) is 0 Å². The minimum Gasteiger partial charge on any atom is -0.493 e. The minimum absolute atomic E-state index is 0.223. The molecule has 0 spiro atoms. The molecule has 0 saturated carbocycles. The molecule has 0 aliphatic carbocycles. The van der Waals surface area contributed by atoms with Gasteiger partial charge in [-0.1, -0.05) is 37.3 Å². The van der Waals surface area contributed by atoms with E-state index in [1.54, 1.807) is 14.2 Å². The van der Waals surface area contributed by atoms with Crippen molar-refractivity contribution in [2.45, 2.75) is 25.8 Å². The number of nitrogens with zero attached hydrogens (tertiary/aromatic N) is 1. The molecule has 1 heterocycles. The van der Waals surface area contributed by atoms with Gasteiger partial charge in [-0.3, -0.25) is 4.90 Å². The van der Waals surface area contributed by atoms with Gasteiger partial charge in [-0.2, -0.15) is 0 Å². The third-order valence-electron chi connectivity index (χ3n) is 5.17. The first-order chi connectivity index (χ1) is 12.8. The van der Waals surface area contributed by atoms with E-state index in [-0.39, 0.29) is 6.04 Å². The van der Waals surface area contributed by atoms with Gasteiger partial charge in [0, 0.05) is 19.6 Å². The molecule has 0 radical (unpaired) electrons. The van der Waals surface area contributed by atoms with Crippen LogP contribution in [0.25, 0.3) is 0 Å². The van der Waals surface area contributed by atoms with E-state index >= 15 is 0 Å². The van der Waals surface area contributed by atoms with Crippen molar-refractivity contribution in [2.75, 3.05) is 40.4 Å². The molecule has 1 N–H and O–H groups in total. The lowest BCUT2D eigenvalue weighted by Gasteiger charge is -2.32. The Hall–Kier alpha value is -2.04. The number of hydrogen-bond acceptors (Lipinski definition) is 4. The van der Waals surface area contributed by atoms with Crippen molar-refractivity contribution in [2.24, 2.45) is 0 Å². The summed E-state index contributed by atoms with van der Waals surface area (Å²) in [6, 6.07) is 15.6. The van der Waals surface area contributed by atoms with Gasteiger partial charge in [-0.05, 0) is 48.2 Å². The lowest BCUT2D eigenvalue weighted by Crippen LogP contribution is -2.33. The Kier molecular flexibility index (Phi) is 6.53. The van der Waals surface area contributed by atoms with E-state index < -0.39 is 0 Å². The highest BCUT2D eigenvalue weighted by atomic mass is 16.5. The Morgan fingerprint density at radius 2 is 1.65 bits per heavy atom. The van der Waals surface area contributed by atoms with Crippen LogP contribution in [0.5, 0.6) is 11.5 Å².